The van der Waals surface area contributed by atoms with Crippen LogP contribution in [-0.2, 0) is 39.0 Å². The average molecular weight is 868 g/mol. The van der Waals surface area contributed by atoms with E-state index in [2.05, 4.69) is 17.2 Å². The van der Waals surface area contributed by atoms with Gasteiger partial charge in [0.2, 0.25) is 21.8 Å². The first-order valence-electron chi connectivity index (χ1n) is 19.7. The van der Waals surface area contributed by atoms with Crippen LogP contribution >= 0.6 is 0 Å². The van der Waals surface area contributed by atoms with E-state index < -0.39 is 95.3 Å². The van der Waals surface area contributed by atoms with Crippen molar-refractivity contribution >= 4 is 54.6 Å². The number of sulfone groups is 1. The fourth-order valence-electron chi connectivity index (χ4n) is 7.60. The Morgan fingerprint density at radius 1 is 1.03 bits per heavy atom. The molecule has 1 aliphatic carbocycles. The molecule has 3 heterocycles. The first kappa shape index (κ1) is 44.3. The molecule has 6 unspecified atom stereocenters. The Morgan fingerprint density at radius 3 is 2.32 bits per heavy atom. The molecular weight excluding hydrogens is 815 g/mol. The molecule has 0 radical (unpaired) electrons. The number of sulfonamides is 1. The maximum atomic E-state index is 14.7. The van der Waals surface area contributed by atoms with Crippen molar-refractivity contribution in [3.63, 3.8) is 0 Å². The van der Waals surface area contributed by atoms with Gasteiger partial charge in [-0.25, -0.2) is 26.6 Å². The predicted molar refractivity (Wildman–Crippen MR) is 224 cm³/mol. The second-order valence-corrected chi connectivity index (χ2v) is 21.9. The lowest BCUT2D eigenvalue weighted by atomic mass is 9.85. The van der Waals surface area contributed by atoms with Crippen LogP contribution in [0.2, 0.25) is 0 Å². The zero-order valence-electron chi connectivity index (χ0n) is 34.8. The number of benzene rings is 2. The molecule has 3 aliphatic rings. The summed E-state index contributed by atoms with van der Waals surface area (Å²) in [5.41, 5.74) is -1.52. The quantitative estimate of drug-likeness (QED) is 0.221. The molecule has 6 atom stereocenters. The molecule has 6 rings (SSSR count). The summed E-state index contributed by atoms with van der Waals surface area (Å²) in [6, 6.07) is 14.1. The largest absolute Gasteiger partial charge is 0.497 e. The second kappa shape index (κ2) is 16.3. The van der Waals surface area contributed by atoms with Gasteiger partial charge in [0.15, 0.2) is 9.84 Å². The standard InChI is InChI=1S/C42H53N5O11S2/c1-9-26-22-42(26,38(50)46-60(54,55)29-17-18-59(52,53)24-29)45-36(48)33-20-28(23-47(33)37(49)35(40(2,3)4)44-39(51)58-41(5,6)7)57-34-21-31(25-13-11-10-12-14-25)43-32-19-27(56-8)15-16-30(32)34/h9-16,19,21,26,28-29,33,35H,1,17-18,20,22-24H2,2-8H3,(H,44,51)(H,45,48)(H,46,50). The fraction of sp³-hybridized carbons (Fsp3) is 0.500. The predicted octanol–water partition coefficient (Wildman–Crippen LogP) is 3.89. The Bertz CT molecular complexity index is 2410. The molecule has 2 saturated heterocycles. The number of rotatable bonds is 12. The number of nitrogens with one attached hydrogen (secondary N) is 3. The summed E-state index contributed by atoms with van der Waals surface area (Å²) in [5, 5.41) is 4.74. The molecule has 1 aromatic heterocycles. The number of ether oxygens (including phenoxy) is 3. The molecule has 60 heavy (non-hydrogen) atoms. The van der Waals surface area contributed by atoms with Crippen molar-refractivity contribution in [1.29, 1.82) is 0 Å². The fourth-order valence-corrected chi connectivity index (χ4v) is 11.7. The first-order chi connectivity index (χ1) is 27.9. The van der Waals surface area contributed by atoms with E-state index in [4.69, 9.17) is 19.2 Å². The number of carbonyl (C=O) groups is 4. The van der Waals surface area contributed by atoms with Crippen molar-refractivity contribution in [2.75, 3.05) is 25.2 Å². The van der Waals surface area contributed by atoms with Gasteiger partial charge in [0, 0.05) is 35.4 Å². The SMILES string of the molecule is C=CC1CC1(NC(=O)C1CC(Oc2cc(-c3ccccc3)nc3cc(OC)ccc23)CN1C(=O)C(NC(=O)OC(C)(C)C)C(C)(C)C)C(=O)NS(=O)(=O)C1CCS(=O)(=O)C1. The maximum Gasteiger partial charge on any atom is 0.408 e. The third-order valence-electron chi connectivity index (χ3n) is 10.9. The van der Waals surface area contributed by atoms with Gasteiger partial charge in [-0.05, 0) is 51.2 Å². The number of nitrogens with zero attached hydrogens (tertiary/aromatic N) is 2. The molecule has 1 saturated carbocycles. The van der Waals surface area contributed by atoms with Gasteiger partial charge in [-0.1, -0.05) is 57.2 Å². The van der Waals surface area contributed by atoms with Crippen LogP contribution < -0.4 is 24.8 Å². The molecule has 2 aromatic carbocycles. The van der Waals surface area contributed by atoms with Gasteiger partial charge in [0.05, 0.1) is 41.6 Å². The Hall–Kier alpha value is -5.23. The number of hydrogen-bond donors (Lipinski definition) is 3. The Labute approximate surface area is 350 Å². The molecule has 0 spiro atoms. The van der Waals surface area contributed by atoms with Crippen LogP contribution in [0.5, 0.6) is 11.5 Å². The highest BCUT2D eigenvalue weighted by atomic mass is 32.2. The maximum absolute atomic E-state index is 14.7. The minimum absolute atomic E-state index is 0.00665. The van der Waals surface area contributed by atoms with E-state index in [1.165, 1.54) is 11.0 Å². The molecule has 324 valence electrons. The molecule has 3 aromatic rings. The van der Waals surface area contributed by atoms with Gasteiger partial charge >= 0.3 is 6.09 Å². The number of amides is 4. The van der Waals surface area contributed by atoms with Gasteiger partial charge in [-0.2, -0.15) is 0 Å². The molecule has 18 heteroatoms. The van der Waals surface area contributed by atoms with E-state index in [1.54, 1.807) is 72.9 Å². The van der Waals surface area contributed by atoms with E-state index in [0.717, 1.165) is 5.56 Å². The highest BCUT2D eigenvalue weighted by molar-refractivity contribution is 7.95. The van der Waals surface area contributed by atoms with Crippen molar-refractivity contribution in [1.82, 2.24) is 25.2 Å². The first-order valence-corrected chi connectivity index (χ1v) is 23.0. The van der Waals surface area contributed by atoms with Gasteiger partial charge in [0.25, 0.3) is 5.91 Å². The summed E-state index contributed by atoms with van der Waals surface area (Å²) in [6.07, 6.45) is -0.441. The van der Waals surface area contributed by atoms with Crippen molar-refractivity contribution in [3.8, 4) is 22.8 Å². The normalized spacial score (nSPS) is 24.2. The number of aromatic nitrogens is 1. The molecule has 16 nitrogen and oxygen atoms in total. The topological polar surface area (TPSA) is 216 Å². The number of likely N-dealkylation sites (tertiary alicyclic amines) is 1. The van der Waals surface area contributed by atoms with Crippen LogP contribution in [0.3, 0.4) is 0 Å². The van der Waals surface area contributed by atoms with Gasteiger partial charge in [-0.3, -0.25) is 19.1 Å². The molecule has 0 bridgehead atoms. The lowest BCUT2D eigenvalue weighted by Crippen LogP contribution is -2.60. The van der Waals surface area contributed by atoms with Crippen molar-refractivity contribution in [3.05, 3.63) is 67.3 Å². The molecular formula is C42H53N5O11S2. The van der Waals surface area contributed by atoms with Crippen LogP contribution in [0.4, 0.5) is 4.79 Å². The number of fused-ring (bicyclic) bond motifs is 1. The summed E-state index contributed by atoms with van der Waals surface area (Å²) >= 11 is 0. The number of alkyl carbamates (subject to hydrolysis) is 1. The molecule has 4 amide bonds. The third kappa shape index (κ3) is 9.70. The summed E-state index contributed by atoms with van der Waals surface area (Å²) in [7, 11) is -6.49. The van der Waals surface area contributed by atoms with Crippen molar-refractivity contribution in [2.45, 2.75) is 95.4 Å². The zero-order valence-corrected chi connectivity index (χ0v) is 36.4. The minimum atomic E-state index is -4.44. The summed E-state index contributed by atoms with van der Waals surface area (Å²) in [6.45, 7) is 14.0. The van der Waals surface area contributed by atoms with Gasteiger partial charge in [0.1, 0.15) is 40.8 Å². The highest BCUT2D eigenvalue weighted by Gasteiger charge is 2.62. The minimum Gasteiger partial charge on any atom is -0.497 e. The van der Waals surface area contributed by atoms with Crippen molar-refractivity contribution in [2.24, 2.45) is 11.3 Å². The lowest BCUT2D eigenvalue weighted by Gasteiger charge is -2.36. The summed E-state index contributed by atoms with van der Waals surface area (Å²) in [4.78, 5) is 62.3. The van der Waals surface area contributed by atoms with Crippen LogP contribution in [0.25, 0.3) is 22.2 Å². The summed E-state index contributed by atoms with van der Waals surface area (Å²) in [5.74, 6) is -3.06. The van der Waals surface area contributed by atoms with Gasteiger partial charge in [-0.15, -0.1) is 6.58 Å². The Kier molecular flexibility index (Phi) is 12.1. The van der Waals surface area contributed by atoms with E-state index in [9.17, 15) is 36.0 Å². The molecule has 2 aliphatic heterocycles. The average Bonchev–Trinajstić information content (AvgIpc) is 3.49. The van der Waals surface area contributed by atoms with Crippen LogP contribution in [-0.4, -0.2) is 110 Å². The summed E-state index contributed by atoms with van der Waals surface area (Å²) < 4.78 is 70.3. The van der Waals surface area contributed by atoms with Crippen LogP contribution in [0.15, 0.2) is 67.3 Å². The smallest absolute Gasteiger partial charge is 0.408 e. The van der Waals surface area contributed by atoms with Gasteiger partial charge < -0.3 is 29.7 Å². The molecule has 3 N–H and O–H groups in total. The van der Waals surface area contributed by atoms with Crippen LogP contribution in [0.1, 0.15) is 60.8 Å². The second-order valence-electron chi connectivity index (χ2n) is 17.7. The lowest BCUT2D eigenvalue weighted by molar-refractivity contribution is -0.143. The third-order valence-corrected chi connectivity index (χ3v) is 14.6. The zero-order chi connectivity index (χ0) is 44.0. The van der Waals surface area contributed by atoms with E-state index >= 15 is 0 Å². The number of pyridine rings is 1. The Balaban J connectivity index is 1.34. The number of hydrogen-bond acceptors (Lipinski definition) is 12. The van der Waals surface area contributed by atoms with Crippen molar-refractivity contribution < 1.29 is 50.2 Å². The monoisotopic (exact) mass is 867 g/mol. The number of carbonyl (C=O) groups excluding carboxylic acids is 4. The number of methoxy groups -OCH3 is 1. The van der Waals surface area contributed by atoms with E-state index in [0.29, 0.717) is 28.1 Å². The highest BCUT2D eigenvalue weighted by Crippen LogP contribution is 2.45. The van der Waals surface area contributed by atoms with E-state index in [1.807, 2.05) is 35.1 Å². The van der Waals surface area contributed by atoms with Crippen LogP contribution in [0, 0.1) is 11.3 Å². The van der Waals surface area contributed by atoms with E-state index in [-0.39, 0.29) is 31.6 Å². The Morgan fingerprint density at radius 2 is 1.73 bits per heavy atom. The molecule has 3 fully saturated rings.